The van der Waals surface area contributed by atoms with Crippen molar-refractivity contribution in [2.75, 3.05) is 6.54 Å². The summed E-state index contributed by atoms with van der Waals surface area (Å²) in [6.07, 6.45) is 2.63. The third kappa shape index (κ3) is 4.11. The lowest BCUT2D eigenvalue weighted by Crippen LogP contribution is -2.46. The molecule has 1 aliphatic heterocycles. The van der Waals surface area contributed by atoms with Gasteiger partial charge >= 0.3 is 6.03 Å². The summed E-state index contributed by atoms with van der Waals surface area (Å²) in [5.41, 5.74) is 4.48. The van der Waals surface area contributed by atoms with Gasteiger partial charge in [0.25, 0.3) is 5.89 Å². The molecule has 0 saturated heterocycles. The third-order valence-corrected chi connectivity index (χ3v) is 5.64. The molecule has 0 aliphatic carbocycles. The summed E-state index contributed by atoms with van der Waals surface area (Å²) in [6, 6.07) is 14.8. The second kappa shape index (κ2) is 8.78. The first kappa shape index (κ1) is 20.9. The van der Waals surface area contributed by atoms with Gasteiger partial charge in [-0.25, -0.2) is 4.79 Å². The number of allylic oxidation sites excluding steroid dienone is 1. The molecule has 0 spiro atoms. The first-order valence-corrected chi connectivity index (χ1v) is 10.5. The number of urea groups is 1. The second-order valence-electron chi connectivity index (χ2n) is 7.31. The highest BCUT2D eigenvalue weighted by Gasteiger charge is 2.35. The van der Waals surface area contributed by atoms with E-state index in [-0.39, 0.29) is 6.03 Å². The summed E-state index contributed by atoms with van der Waals surface area (Å²) in [5, 5.41) is 7.87. The molecule has 0 bridgehead atoms. The molecule has 0 fully saturated rings. The lowest BCUT2D eigenvalue weighted by molar-refractivity contribution is 0.209. The maximum absolute atomic E-state index is 12.8. The summed E-state index contributed by atoms with van der Waals surface area (Å²) < 4.78 is 5.66. The molecule has 31 heavy (non-hydrogen) atoms. The Kier molecular flexibility index (Phi) is 5.91. The van der Waals surface area contributed by atoms with Crippen LogP contribution in [0.4, 0.5) is 4.79 Å². The zero-order valence-electron chi connectivity index (χ0n) is 17.4. The quantitative estimate of drug-likeness (QED) is 0.510. The van der Waals surface area contributed by atoms with Crippen LogP contribution in [0, 0.1) is 0 Å². The standard InChI is InChI=1S/C24H23ClN4O2/c1-4-14-29-15(3)20(21(26-24(29)30)17-8-6-16(5-2)7-9-17)23-27-22(28-31-23)18-10-12-19(25)13-11-18/h4,6-13,21H,1,5,14H2,2-3H3,(H,26,30). The normalized spacial score (nSPS) is 16.4. The average Bonchev–Trinajstić information content (AvgIpc) is 3.26. The minimum Gasteiger partial charge on any atom is -0.334 e. The largest absolute Gasteiger partial charge is 0.334 e. The van der Waals surface area contributed by atoms with Gasteiger partial charge in [0.2, 0.25) is 5.82 Å². The lowest BCUT2D eigenvalue weighted by atomic mass is 9.93. The number of aryl methyl sites for hydroxylation is 1. The highest BCUT2D eigenvalue weighted by atomic mass is 35.5. The number of rotatable bonds is 6. The SMILES string of the molecule is C=CCN1C(=O)NC(c2ccc(CC)cc2)C(c2nc(-c3ccc(Cl)cc3)no2)=C1C. The van der Waals surface area contributed by atoms with Crippen molar-refractivity contribution in [1.82, 2.24) is 20.4 Å². The average molecular weight is 435 g/mol. The van der Waals surface area contributed by atoms with Crippen LogP contribution >= 0.6 is 11.6 Å². The summed E-state index contributed by atoms with van der Waals surface area (Å²) in [7, 11) is 0. The molecule has 1 N–H and O–H groups in total. The maximum Gasteiger partial charge on any atom is 0.322 e. The monoisotopic (exact) mass is 434 g/mol. The first-order chi connectivity index (χ1) is 15.0. The fraction of sp³-hybridized carbons (Fsp3) is 0.208. The number of carbonyl (C=O) groups is 1. The van der Waals surface area contributed by atoms with E-state index < -0.39 is 6.04 Å². The van der Waals surface area contributed by atoms with E-state index in [1.165, 1.54) is 5.56 Å². The van der Waals surface area contributed by atoms with Crippen LogP contribution in [0.2, 0.25) is 5.02 Å². The predicted molar refractivity (Wildman–Crippen MR) is 121 cm³/mol. The van der Waals surface area contributed by atoms with Crippen LogP contribution in [-0.4, -0.2) is 27.6 Å². The molecule has 0 radical (unpaired) electrons. The molecule has 1 unspecified atom stereocenters. The molecule has 2 heterocycles. The first-order valence-electron chi connectivity index (χ1n) is 10.1. The third-order valence-electron chi connectivity index (χ3n) is 5.39. The molecule has 158 valence electrons. The Bertz CT molecular complexity index is 1130. The van der Waals surface area contributed by atoms with E-state index in [4.69, 9.17) is 16.1 Å². The molecule has 7 heteroatoms. The van der Waals surface area contributed by atoms with Crippen molar-refractivity contribution in [3.05, 3.63) is 88.9 Å². The highest BCUT2D eigenvalue weighted by Crippen LogP contribution is 2.37. The summed E-state index contributed by atoms with van der Waals surface area (Å²) >= 11 is 5.99. The van der Waals surface area contributed by atoms with E-state index in [0.717, 1.165) is 28.8 Å². The number of amides is 2. The molecule has 1 atom stereocenters. The van der Waals surface area contributed by atoms with Crippen molar-refractivity contribution >= 4 is 23.2 Å². The molecular formula is C24H23ClN4O2. The molecule has 1 aromatic heterocycles. The fourth-order valence-electron chi connectivity index (χ4n) is 3.65. The predicted octanol–water partition coefficient (Wildman–Crippen LogP) is 5.64. The Morgan fingerprint density at radius 1 is 1.19 bits per heavy atom. The van der Waals surface area contributed by atoms with Crippen molar-refractivity contribution in [3.8, 4) is 11.4 Å². The molecule has 2 amide bonds. The van der Waals surface area contributed by atoms with Gasteiger partial charge in [-0.05, 0) is 48.7 Å². The van der Waals surface area contributed by atoms with Crippen LogP contribution in [0.15, 0.2) is 71.4 Å². The minimum atomic E-state index is -0.405. The van der Waals surface area contributed by atoms with Gasteiger partial charge in [0.05, 0.1) is 11.6 Å². The van der Waals surface area contributed by atoms with E-state index in [0.29, 0.717) is 23.3 Å². The summed E-state index contributed by atoms with van der Waals surface area (Å²) in [6.45, 7) is 8.13. The zero-order chi connectivity index (χ0) is 22.0. The highest BCUT2D eigenvalue weighted by molar-refractivity contribution is 6.30. The molecule has 6 nitrogen and oxygen atoms in total. The lowest BCUT2D eigenvalue weighted by Gasteiger charge is -2.34. The van der Waals surface area contributed by atoms with Crippen LogP contribution in [0.1, 0.15) is 36.9 Å². The zero-order valence-corrected chi connectivity index (χ0v) is 18.2. The van der Waals surface area contributed by atoms with Crippen molar-refractivity contribution < 1.29 is 9.32 Å². The van der Waals surface area contributed by atoms with E-state index >= 15 is 0 Å². The number of carbonyl (C=O) groups excluding carboxylic acids is 1. The Balaban J connectivity index is 1.79. The number of benzene rings is 2. The van der Waals surface area contributed by atoms with Crippen LogP contribution < -0.4 is 5.32 Å². The van der Waals surface area contributed by atoms with Gasteiger partial charge in [0.15, 0.2) is 0 Å². The summed E-state index contributed by atoms with van der Waals surface area (Å²) in [5.74, 6) is 0.820. The molecule has 0 saturated carbocycles. The van der Waals surface area contributed by atoms with E-state index in [9.17, 15) is 4.79 Å². The van der Waals surface area contributed by atoms with Gasteiger partial charge < -0.3 is 9.84 Å². The van der Waals surface area contributed by atoms with Crippen molar-refractivity contribution in [1.29, 1.82) is 0 Å². The topological polar surface area (TPSA) is 71.3 Å². The van der Waals surface area contributed by atoms with Crippen LogP contribution in [0.3, 0.4) is 0 Å². The Morgan fingerprint density at radius 3 is 2.55 bits per heavy atom. The van der Waals surface area contributed by atoms with E-state index in [2.05, 4.69) is 41.1 Å². The Labute approximate surface area is 186 Å². The number of aromatic nitrogens is 2. The molecule has 2 aromatic carbocycles. The number of nitrogens with zero attached hydrogens (tertiary/aromatic N) is 3. The minimum absolute atomic E-state index is 0.192. The van der Waals surface area contributed by atoms with Gasteiger partial charge in [-0.3, -0.25) is 4.90 Å². The summed E-state index contributed by atoms with van der Waals surface area (Å²) in [4.78, 5) is 19.0. The van der Waals surface area contributed by atoms with Crippen LogP contribution in [0.5, 0.6) is 0 Å². The number of hydrogen-bond donors (Lipinski definition) is 1. The molecule has 1 aliphatic rings. The van der Waals surface area contributed by atoms with Gasteiger partial charge in [-0.1, -0.05) is 54.0 Å². The van der Waals surface area contributed by atoms with Crippen LogP contribution in [-0.2, 0) is 6.42 Å². The van der Waals surface area contributed by atoms with Crippen LogP contribution in [0.25, 0.3) is 17.0 Å². The number of hydrogen-bond acceptors (Lipinski definition) is 4. The maximum atomic E-state index is 12.8. The number of nitrogens with one attached hydrogen (secondary N) is 1. The molecule has 3 aromatic rings. The second-order valence-corrected chi connectivity index (χ2v) is 7.74. The van der Waals surface area contributed by atoms with E-state index in [1.54, 1.807) is 23.1 Å². The molecule has 4 rings (SSSR count). The number of halogens is 1. The van der Waals surface area contributed by atoms with Gasteiger partial charge in [-0.2, -0.15) is 4.98 Å². The fourth-order valence-corrected chi connectivity index (χ4v) is 3.78. The Morgan fingerprint density at radius 2 is 1.90 bits per heavy atom. The van der Waals surface area contributed by atoms with Crippen molar-refractivity contribution in [3.63, 3.8) is 0 Å². The smallest absolute Gasteiger partial charge is 0.322 e. The van der Waals surface area contributed by atoms with Gasteiger partial charge in [0.1, 0.15) is 0 Å². The van der Waals surface area contributed by atoms with Gasteiger partial charge in [-0.15, -0.1) is 6.58 Å². The molecular weight excluding hydrogens is 412 g/mol. The van der Waals surface area contributed by atoms with Crippen molar-refractivity contribution in [2.45, 2.75) is 26.3 Å². The van der Waals surface area contributed by atoms with E-state index in [1.807, 2.05) is 31.2 Å². The van der Waals surface area contributed by atoms with Crippen molar-refractivity contribution in [2.24, 2.45) is 0 Å². The van der Waals surface area contributed by atoms with Gasteiger partial charge in [0, 0.05) is 22.8 Å². The Hall–Kier alpha value is -3.38.